The van der Waals surface area contributed by atoms with Crippen molar-refractivity contribution in [2.75, 3.05) is 19.6 Å². The van der Waals surface area contributed by atoms with E-state index < -0.39 is 0 Å². The number of amides is 1. The second-order valence-corrected chi connectivity index (χ2v) is 5.54. The van der Waals surface area contributed by atoms with Crippen molar-refractivity contribution in [3.05, 3.63) is 23.4 Å². The summed E-state index contributed by atoms with van der Waals surface area (Å²) in [6, 6.07) is 3.88. The summed E-state index contributed by atoms with van der Waals surface area (Å²) in [5, 5.41) is 12.0. The lowest BCUT2D eigenvalue weighted by Crippen LogP contribution is -2.32. The van der Waals surface area contributed by atoms with Crippen LogP contribution in [0.1, 0.15) is 25.7 Å². The fourth-order valence-electron chi connectivity index (χ4n) is 1.76. The maximum atomic E-state index is 11.7. The van der Waals surface area contributed by atoms with E-state index >= 15 is 0 Å². The van der Waals surface area contributed by atoms with Crippen LogP contribution in [0.25, 0.3) is 10.7 Å². The van der Waals surface area contributed by atoms with Gasteiger partial charge in [0.2, 0.25) is 17.6 Å². The number of hydrogen-bond donors (Lipinski definition) is 2. The van der Waals surface area contributed by atoms with Crippen LogP contribution in [-0.4, -0.2) is 35.7 Å². The first-order valence-corrected chi connectivity index (χ1v) is 8.01. The molecule has 0 fully saturated rings. The molecule has 6 nitrogen and oxygen atoms in total. The Morgan fingerprint density at radius 1 is 1.36 bits per heavy atom. The van der Waals surface area contributed by atoms with Crippen molar-refractivity contribution >= 4 is 29.7 Å². The van der Waals surface area contributed by atoms with E-state index in [-0.39, 0.29) is 18.3 Å². The maximum Gasteiger partial charge on any atom is 0.227 e. The lowest BCUT2D eigenvalue weighted by molar-refractivity contribution is -0.121. The molecule has 0 atom stereocenters. The van der Waals surface area contributed by atoms with Crippen LogP contribution in [0.2, 0.25) is 0 Å². The lowest BCUT2D eigenvalue weighted by atomic mass is 10.3. The van der Waals surface area contributed by atoms with Gasteiger partial charge in [0.15, 0.2) is 0 Å². The molecule has 0 bridgehead atoms. The summed E-state index contributed by atoms with van der Waals surface area (Å²) in [5.74, 6) is 1.09. The van der Waals surface area contributed by atoms with Crippen molar-refractivity contribution in [1.82, 2.24) is 20.8 Å². The van der Waals surface area contributed by atoms with Crippen molar-refractivity contribution in [3.63, 3.8) is 0 Å². The van der Waals surface area contributed by atoms with Gasteiger partial charge >= 0.3 is 0 Å². The molecule has 2 aromatic rings. The van der Waals surface area contributed by atoms with Crippen LogP contribution in [0.4, 0.5) is 0 Å². The van der Waals surface area contributed by atoms with Gasteiger partial charge in [-0.25, -0.2) is 0 Å². The van der Waals surface area contributed by atoms with Crippen molar-refractivity contribution < 1.29 is 9.32 Å². The minimum Gasteiger partial charge on any atom is -0.355 e. The van der Waals surface area contributed by atoms with E-state index in [9.17, 15) is 4.79 Å². The fraction of sp³-hybridized carbons (Fsp3) is 0.500. The van der Waals surface area contributed by atoms with Gasteiger partial charge in [0.05, 0.1) is 4.88 Å². The third-order valence-electron chi connectivity index (χ3n) is 2.83. The Morgan fingerprint density at radius 3 is 2.95 bits per heavy atom. The van der Waals surface area contributed by atoms with E-state index in [2.05, 4.69) is 27.7 Å². The van der Waals surface area contributed by atoms with Crippen LogP contribution < -0.4 is 10.6 Å². The quantitative estimate of drug-likeness (QED) is 0.682. The largest absolute Gasteiger partial charge is 0.355 e. The average Bonchev–Trinajstić information content (AvgIpc) is 3.15. The molecule has 2 rings (SSSR count). The van der Waals surface area contributed by atoms with Crippen molar-refractivity contribution in [2.24, 2.45) is 0 Å². The first-order valence-electron chi connectivity index (χ1n) is 7.13. The Kier molecular flexibility index (Phi) is 8.72. The first kappa shape index (κ1) is 18.6. The number of halogens is 1. The second kappa shape index (κ2) is 10.3. The third kappa shape index (κ3) is 6.13. The molecule has 122 valence electrons. The summed E-state index contributed by atoms with van der Waals surface area (Å²) < 4.78 is 5.15. The summed E-state index contributed by atoms with van der Waals surface area (Å²) in [6.45, 7) is 4.52. The first-order chi connectivity index (χ1) is 10.3. The number of aromatic nitrogens is 2. The summed E-state index contributed by atoms with van der Waals surface area (Å²) in [5.41, 5.74) is 0. The predicted molar refractivity (Wildman–Crippen MR) is 89.4 cm³/mol. The van der Waals surface area contributed by atoms with Crippen LogP contribution in [0, 0.1) is 0 Å². The van der Waals surface area contributed by atoms with Crippen molar-refractivity contribution in [2.45, 2.75) is 26.2 Å². The van der Waals surface area contributed by atoms with E-state index in [1.807, 2.05) is 17.5 Å². The highest BCUT2D eigenvalue weighted by molar-refractivity contribution is 7.13. The van der Waals surface area contributed by atoms with E-state index in [1.165, 1.54) is 0 Å². The monoisotopic (exact) mass is 344 g/mol. The number of aryl methyl sites for hydroxylation is 1. The van der Waals surface area contributed by atoms with Gasteiger partial charge in [-0.15, -0.1) is 23.7 Å². The van der Waals surface area contributed by atoms with Crippen molar-refractivity contribution in [1.29, 1.82) is 0 Å². The SMILES string of the molecule is CCCNCCNC(=O)CCc1nc(-c2cccs2)no1.Cl. The molecule has 1 amide bonds. The minimum atomic E-state index is 0. The molecule has 0 radical (unpaired) electrons. The summed E-state index contributed by atoms with van der Waals surface area (Å²) in [4.78, 5) is 16.9. The predicted octanol–water partition coefficient (Wildman–Crippen LogP) is 2.27. The Hall–Kier alpha value is -1.44. The topological polar surface area (TPSA) is 80.0 Å². The number of carbonyl (C=O) groups is 1. The minimum absolute atomic E-state index is 0. The van der Waals surface area contributed by atoms with E-state index in [4.69, 9.17) is 4.52 Å². The zero-order valence-electron chi connectivity index (χ0n) is 12.5. The molecule has 22 heavy (non-hydrogen) atoms. The molecule has 0 aliphatic heterocycles. The molecule has 0 unspecified atom stereocenters. The molecule has 8 heteroatoms. The summed E-state index contributed by atoms with van der Waals surface area (Å²) >= 11 is 1.56. The van der Waals surface area contributed by atoms with Gasteiger partial charge < -0.3 is 15.2 Å². The highest BCUT2D eigenvalue weighted by Crippen LogP contribution is 2.21. The highest BCUT2D eigenvalue weighted by atomic mass is 35.5. The van der Waals surface area contributed by atoms with E-state index in [0.29, 0.717) is 31.1 Å². The van der Waals surface area contributed by atoms with Gasteiger partial charge in [-0.05, 0) is 24.4 Å². The Morgan fingerprint density at radius 2 is 2.23 bits per heavy atom. The zero-order valence-corrected chi connectivity index (χ0v) is 14.1. The smallest absolute Gasteiger partial charge is 0.227 e. The van der Waals surface area contributed by atoms with Crippen LogP contribution >= 0.6 is 23.7 Å². The van der Waals surface area contributed by atoms with Gasteiger partial charge in [0.1, 0.15) is 0 Å². The van der Waals surface area contributed by atoms with Gasteiger partial charge in [-0.3, -0.25) is 4.79 Å². The van der Waals surface area contributed by atoms with Crippen LogP contribution in [0.5, 0.6) is 0 Å². The number of nitrogens with one attached hydrogen (secondary N) is 2. The second-order valence-electron chi connectivity index (χ2n) is 4.59. The number of thiophene rings is 1. The Bertz CT molecular complexity index is 545. The molecule has 0 aliphatic rings. The Balaban J connectivity index is 0.00000242. The van der Waals surface area contributed by atoms with E-state index in [0.717, 1.165) is 24.4 Å². The molecule has 0 saturated heterocycles. The van der Waals surface area contributed by atoms with Gasteiger partial charge in [0, 0.05) is 25.9 Å². The number of rotatable bonds is 9. The van der Waals surface area contributed by atoms with Crippen LogP contribution in [-0.2, 0) is 11.2 Å². The summed E-state index contributed by atoms with van der Waals surface area (Å²) in [6.07, 6.45) is 1.92. The van der Waals surface area contributed by atoms with E-state index in [1.54, 1.807) is 11.3 Å². The standard InChI is InChI=1S/C14H20N4O2S.ClH/c1-2-7-15-8-9-16-12(19)5-6-13-17-14(18-20-13)11-4-3-10-21-11;/h3-4,10,15H,2,5-9H2,1H3,(H,16,19);1H. The average molecular weight is 345 g/mol. The normalized spacial score (nSPS) is 10.2. The number of hydrogen-bond acceptors (Lipinski definition) is 6. The third-order valence-corrected chi connectivity index (χ3v) is 3.69. The lowest BCUT2D eigenvalue weighted by Gasteiger charge is -2.04. The molecule has 0 saturated carbocycles. The number of carbonyl (C=O) groups excluding carboxylic acids is 1. The molecule has 0 aliphatic carbocycles. The molecule has 2 N–H and O–H groups in total. The molecule has 2 aromatic heterocycles. The summed E-state index contributed by atoms with van der Waals surface area (Å²) in [7, 11) is 0. The molecule has 2 heterocycles. The maximum absolute atomic E-state index is 11.7. The zero-order chi connectivity index (χ0) is 14.9. The van der Waals surface area contributed by atoms with Gasteiger partial charge in [0.25, 0.3) is 0 Å². The highest BCUT2D eigenvalue weighted by Gasteiger charge is 2.10. The van der Waals surface area contributed by atoms with Crippen LogP contribution in [0.3, 0.4) is 0 Å². The van der Waals surface area contributed by atoms with Crippen molar-refractivity contribution in [3.8, 4) is 10.7 Å². The molecular formula is C14H21ClN4O2S. The van der Waals surface area contributed by atoms with Gasteiger partial charge in [-0.1, -0.05) is 18.1 Å². The molecule has 0 aromatic carbocycles. The molecule has 0 spiro atoms. The molecular weight excluding hydrogens is 324 g/mol. The Labute approximate surface area is 140 Å². The number of nitrogens with zero attached hydrogens (tertiary/aromatic N) is 2. The van der Waals surface area contributed by atoms with Gasteiger partial charge in [-0.2, -0.15) is 4.98 Å². The fourth-order valence-corrected chi connectivity index (χ4v) is 2.41. The van der Waals surface area contributed by atoms with Crippen LogP contribution in [0.15, 0.2) is 22.0 Å².